The number of nitrogens with one attached hydrogen (secondary N) is 2. The summed E-state index contributed by atoms with van der Waals surface area (Å²) in [5.74, 6) is -0.0663. The third kappa shape index (κ3) is 2.59. The van der Waals surface area contributed by atoms with Crippen LogP contribution in [-0.4, -0.2) is 33.4 Å². The molecule has 0 unspecified atom stereocenters. The summed E-state index contributed by atoms with van der Waals surface area (Å²) in [5.41, 5.74) is 1.91. The first-order valence-corrected chi connectivity index (χ1v) is 6.50. The fourth-order valence-electron chi connectivity index (χ4n) is 2.02. The first-order chi connectivity index (χ1) is 9.75. The summed E-state index contributed by atoms with van der Waals surface area (Å²) < 4.78 is 0. The molecule has 102 valence electrons. The largest absolute Gasteiger partial charge is 0.344 e. The summed E-state index contributed by atoms with van der Waals surface area (Å²) in [4.78, 5) is 27.6. The first kappa shape index (κ1) is 12.5. The standard InChI is InChI=1S/C14H14N4O2/c19-12(10-1-2-10)8-16-14(20)13-11(7-17-18-13)9-3-5-15-6-4-9/h3-7,10H,1-2,8H2,(H,16,20)(H,17,18). The Bertz CT molecular complexity index is 632. The van der Waals surface area contributed by atoms with E-state index in [-0.39, 0.29) is 24.2 Å². The molecule has 1 amide bonds. The van der Waals surface area contributed by atoms with Crippen LogP contribution in [0.15, 0.2) is 30.7 Å². The number of carbonyl (C=O) groups is 2. The average Bonchev–Trinajstić information content (AvgIpc) is 3.22. The van der Waals surface area contributed by atoms with Crippen LogP contribution in [0.1, 0.15) is 23.3 Å². The van der Waals surface area contributed by atoms with Gasteiger partial charge in [-0.05, 0) is 30.5 Å². The van der Waals surface area contributed by atoms with E-state index in [1.165, 1.54) is 0 Å². The van der Waals surface area contributed by atoms with Crippen molar-refractivity contribution in [3.63, 3.8) is 0 Å². The highest BCUT2D eigenvalue weighted by Gasteiger charge is 2.29. The molecule has 0 aliphatic heterocycles. The molecule has 1 fully saturated rings. The van der Waals surface area contributed by atoms with Crippen LogP contribution in [0.2, 0.25) is 0 Å². The molecular weight excluding hydrogens is 256 g/mol. The molecule has 2 aromatic rings. The van der Waals surface area contributed by atoms with E-state index in [4.69, 9.17) is 0 Å². The van der Waals surface area contributed by atoms with Crippen molar-refractivity contribution in [2.45, 2.75) is 12.8 Å². The lowest BCUT2D eigenvalue weighted by Crippen LogP contribution is -2.30. The molecule has 0 bridgehead atoms. The molecule has 1 aliphatic carbocycles. The molecule has 0 radical (unpaired) electrons. The van der Waals surface area contributed by atoms with E-state index in [0.29, 0.717) is 11.3 Å². The number of hydrogen-bond donors (Lipinski definition) is 2. The number of aromatic amines is 1. The minimum absolute atomic E-state index is 0.0817. The SMILES string of the molecule is O=C(NCC(=O)C1CC1)c1[nH]ncc1-c1ccncc1. The zero-order valence-electron chi connectivity index (χ0n) is 10.8. The maximum Gasteiger partial charge on any atom is 0.270 e. The molecule has 0 spiro atoms. The van der Waals surface area contributed by atoms with Crippen LogP contribution in [-0.2, 0) is 4.79 Å². The van der Waals surface area contributed by atoms with Gasteiger partial charge >= 0.3 is 0 Å². The van der Waals surface area contributed by atoms with E-state index in [1.807, 2.05) is 0 Å². The second-order valence-electron chi connectivity index (χ2n) is 4.82. The second-order valence-corrected chi connectivity index (χ2v) is 4.82. The molecule has 3 rings (SSSR count). The van der Waals surface area contributed by atoms with Gasteiger partial charge in [0.2, 0.25) is 0 Å². The van der Waals surface area contributed by atoms with E-state index in [9.17, 15) is 9.59 Å². The zero-order chi connectivity index (χ0) is 13.9. The maximum atomic E-state index is 12.1. The van der Waals surface area contributed by atoms with Crippen molar-refractivity contribution >= 4 is 11.7 Å². The molecule has 2 N–H and O–H groups in total. The number of carbonyl (C=O) groups excluding carboxylic acids is 2. The number of Topliss-reactive ketones (excluding diaryl/α,β-unsaturated/α-hetero) is 1. The van der Waals surface area contributed by atoms with Gasteiger partial charge in [-0.25, -0.2) is 0 Å². The normalized spacial score (nSPS) is 14.0. The topological polar surface area (TPSA) is 87.7 Å². The highest BCUT2D eigenvalue weighted by Crippen LogP contribution is 2.29. The maximum absolute atomic E-state index is 12.1. The van der Waals surface area contributed by atoms with E-state index in [0.717, 1.165) is 18.4 Å². The number of aromatic nitrogens is 3. The molecule has 6 heteroatoms. The van der Waals surface area contributed by atoms with Gasteiger partial charge in [0.1, 0.15) is 5.69 Å². The summed E-state index contributed by atoms with van der Waals surface area (Å²) in [7, 11) is 0. The Kier molecular flexibility index (Phi) is 3.28. The predicted molar refractivity (Wildman–Crippen MR) is 71.9 cm³/mol. The Morgan fingerprint density at radius 3 is 2.75 bits per heavy atom. The molecule has 0 aromatic carbocycles. The molecular formula is C14H14N4O2. The number of amides is 1. The Morgan fingerprint density at radius 2 is 2.05 bits per heavy atom. The van der Waals surface area contributed by atoms with Crippen LogP contribution < -0.4 is 5.32 Å². The molecule has 0 atom stereocenters. The third-order valence-corrected chi connectivity index (χ3v) is 3.31. The summed E-state index contributed by atoms with van der Waals surface area (Å²) in [6, 6.07) is 3.61. The Hall–Kier alpha value is -2.50. The molecule has 2 heterocycles. The van der Waals surface area contributed by atoms with Crippen molar-refractivity contribution in [3.8, 4) is 11.1 Å². The van der Waals surface area contributed by atoms with Crippen molar-refractivity contribution in [1.29, 1.82) is 0 Å². The highest BCUT2D eigenvalue weighted by atomic mass is 16.2. The minimum Gasteiger partial charge on any atom is -0.344 e. The predicted octanol–water partition coefficient (Wildman–Crippen LogP) is 1.18. The number of nitrogens with zero attached hydrogens (tertiary/aromatic N) is 2. The highest BCUT2D eigenvalue weighted by molar-refractivity contribution is 6.00. The quantitative estimate of drug-likeness (QED) is 0.854. The van der Waals surface area contributed by atoms with Crippen LogP contribution in [0.4, 0.5) is 0 Å². The van der Waals surface area contributed by atoms with E-state index >= 15 is 0 Å². The summed E-state index contributed by atoms with van der Waals surface area (Å²) in [6.45, 7) is 0.0817. The molecule has 1 saturated carbocycles. The van der Waals surface area contributed by atoms with Crippen LogP contribution in [0.3, 0.4) is 0 Å². The van der Waals surface area contributed by atoms with E-state index in [1.54, 1.807) is 30.7 Å². The molecule has 6 nitrogen and oxygen atoms in total. The zero-order valence-corrected chi connectivity index (χ0v) is 10.8. The summed E-state index contributed by atoms with van der Waals surface area (Å²) in [5, 5.41) is 9.22. The monoisotopic (exact) mass is 270 g/mol. The summed E-state index contributed by atoms with van der Waals surface area (Å²) in [6.07, 6.45) is 6.79. The fourth-order valence-corrected chi connectivity index (χ4v) is 2.02. The summed E-state index contributed by atoms with van der Waals surface area (Å²) >= 11 is 0. The van der Waals surface area contributed by atoms with Gasteiger partial charge in [0.05, 0.1) is 12.7 Å². The number of pyridine rings is 1. The van der Waals surface area contributed by atoms with Gasteiger partial charge in [-0.3, -0.25) is 19.7 Å². The molecule has 2 aromatic heterocycles. The Labute approximate surface area is 115 Å². The molecule has 1 aliphatic rings. The van der Waals surface area contributed by atoms with Crippen LogP contribution in [0, 0.1) is 5.92 Å². The lowest BCUT2D eigenvalue weighted by atomic mass is 10.1. The Balaban J connectivity index is 1.72. The van der Waals surface area contributed by atoms with Crippen LogP contribution in [0.5, 0.6) is 0 Å². The lowest BCUT2D eigenvalue weighted by Gasteiger charge is -2.04. The van der Waals surface area contributed by atoms with Crippen molar-refractivity contribution in [1.82, 2.24) is 20.5 Å². The fraction of sp³-hybridized carbons (Fsp3) is 0.286. The number of hydrogen-bond acceptors (Lipinski definition) is 4. The number of rotatable bonds is 5. The van der Waals surface area contributed by atoms with Gasteiger partial charge < -0.3 is 5.32 Å². The third-order valence-electron chi connectivity index (χ3n) is 3.31. The number of ketones is 1. The van der Waals surface area contributed by atoms with Gasteiger partial charge in [-0.15, -0.1) is 0 Å². The van der Waals surface area contributed by atoms with E-state index in [2.05, 4.69) is 20.5 Å². The number of H-pyrrole nitrogens is 1. The lowest BCUT2D eigenvalue weighted by molar-refractivity contribution is -0.119. The van der Waals surface area contributed by atoms with E-state index < -0.39 is 0 Å². The smallest absolute Gasteiger partial charge is 0.270 e. The van der Waals surface area contributed by atoms with Crippen molar-refractivity contribution in [2.75, 3.05) is 6.54 Å². The van der Waals surface area contributed by atoms with Gasteiger partial charge in [-0.1, -0.05) is 0 Å². The molecule has 0 saturated heterocycles. The van der Waals surface area contributed by atoms with Crippen LogP contribution >= 0.6 is 0 Å². The van der Waals surface area contributed by atoms with Gasteiger partial charge in [-0.2, -0.15) is 5.10 Å². The first-order valence-electron chi connectivity index (χ1n) is 6.50. The second kappa shape index (κ2) is 5.24. The van der Waals surface area contributed by atoms with Gasteiger partial charge in [0.15, 0.2) is 5.78 Å². The molecule has 20 heavy (non-hydrogen) atoms. The van der Waals surface area contributed by atoms with Gasteiger partial charge in [0, 0.05) is 23.9 Å². The minimum atomic E-state index is -0.316. The van der Waals surface area contributed by atoms with Gasteiger partial charge in [0.25, 0.3) is 5.91 Å². The Morgan fingerprint density at radius 1 is 1.30 bits per heavy atom. The van der Waals surface area contributed by atoms with Crippen molar-refractivity contribution in [2.24, 2.45) is 5.92 Å². The van der Waals surface area contributed by atoms with Crippen LogP contribution in [0.25, 0.3) is 11.1 Å². The van der Waals surface area contributed by atoms with Crippen molar-refractivity contribution < 1.29 is 9.59 Å². The average molecular weight is 270 g/mol. The van der Waals surface area contributed by atoms with Crippen molar-refractivity contribution in [3.05, 3.63) is 36.4 Å².